The molecule has 7 N–H and O–H groups in total. The minimum Gasteiger partial charge on any atom is -0.494 e. The van der Waals surface area contributed by atoms with Gasteiger partial charge in [0.25, 0.3) is 0 Å². The van der Waals surface area contributed by atoms with Gasteiger partial charge in [0.05, 0.1) is 10.2 Å². The Kier molecular flexibility index (Phi) is 7.61. The zero-order valence-corrected chi connectivity index (χ0v) is 20.3. The number of rotatable bonds is 10. The van der Waals surface area contributed by atoms with Crippen molar-refractivity contribution in [2.75, 3.05) is 23.7 Å². The van der Waals surface area contributed by atoms with Crippen LogP contribution in [0.5, 0.6) is 11.8 Å². The maximum absolute atomic E-state index is 12.1. The van der Waals surface area contributed by atoms with Crippen LogP contribution in [0.4, 0.5) is 17.5 Å². The second-order valence-electron chi connectivity index (χ2n) is 7.98. The van der Waals surface area contributed by atoms with Gasteiger partial charge < -0.3 is 31.9 Å². The molecule has 0 saturated heterocycles. The largest absolute Gasteiger partial charge is 0.494 e. The number of nitrogens with zero attached hydrogens (tertiary/aromatic N) is 3. The highest BCUT2D eigenvalue weighted by Crippen LogP contribution is 2.29. The van der Waals surface area contributed by atoms with Crippen LogP contribution in [-0.4, -0.2) is 49.7 Å². The highest BCUT2D eigenvalue weighted by Gasteiger charge is 2.33. The molecule has 0 aliphatic carbocycles. The summed E-state index contributed by atoms with van der Waals surface area (Å²) in [6, 6.07) is 9.83. The molecular weight excluding hydrogens is 506 g/mol. The van der Waals surface area contributed by atoms with Crippen LogP contribution < -0.4 is 21.7 Å². The van der Waals surface area contributed by atoms with Crippen LogP contribution in [0.15, 0.2) is 47.1 Å². The summed E-state index contributed by atoms with van der Waals surface area (Å²) in [4.78, 5) is 32.1. The van der Waals surface area contributed by atoms with Gasteiger partial charge in [-0.1, -0.05) is 6.07 Å². The number of halogens is 1. The van der Waals surface area contributed by atoms with Crippen molar-refractivity contribution in [2.45, 2.75) is 20.3 Å². The monoisotopic (exact) mass is 531 g/mol. The number of amides is 2. The lowest BCUT2D eigenvalue weighted by Crippen LogP contribution is -2.46. The molecule has 180 valence electrons. The Hall–Kier alpha value is -3.80. The molecule has 1 aromatic carbocycles. The number of aromatic nitrogens is 3. The molecule has 12 heteroatoms. The van der Waals surface area contributed by atoms with E-state index in [0.29, 0.717) is 47.1 Å². The molecule has 3 rings (SSSR count). The highest BCUT2D eigenvalue weighted by atomic mass is 79.9. The van der Waals surface area contributed by atoms with Crippen molar-refractivity contribution in [1.82, 2.24) is 19.9 Å². The fourth-order valence-corrected chi connectivity index (χ4v) is 3.24. The van der Waals surface area contributed by atoms with Gasteiger partial charge in [-0.2, -0.15) is 4.98 Å². The summed E-state index contributed by atoms with van der Waals surface area (Å²) in [6.07, 6.45) is 2.19. The van der Waals surface area contributed by atoms with E-state index in [1.165, 1.54) is 30.5 Å². The van der Waals surface area contributed by atoms with Crippen molar-refractivity contribution in [3.63, 3.8) is 0 Å². The molecule has 0 bridgehead atoms. The van der Waals surface area contributed by atoms with Crippen LogP contribution >= 0.6 is 15.9 Å². The number of nitrogens with two attached hydrogens (primary N) is 1. The van der Waals surface area contributed by atoms with Gasteiger partial charge in [0.2, 0.25) is 17.8 Å². The van der Waals surface area contributed by atoms with Gasteiger partial charge in [-0.15, -0.1) is 0 Å². The Morgan fingerprint density at radius 2 is 1.85 bits per heavy atom. The van der Waals surface area contributed by atoms with Crippen molar-refractivity contribution in [3.8, 4) is 17.4 Å². The Balaban J connectivity index is 1.59. The van der Waals surface area contributed by atoms with Gasteiger partial charge in [0, 0.05) is 37.1 Å². The number of carbonyl (C=O) groups excluding carboxylic acids is 2. The van der Waals surface area contributed by atoms with Crippen molar-refractivity contribution in [3.05, 3.63) is 47.1 Å². The number of hydrogen-bond acceptors (Lipinski definition) is 8. The molecule has 2 aromatic heterocycles. The van der Waals surface area contributed by atoms with Crippen molar-refractivity contribution >= 4 is 45.2 Å². The molecule has 0 aliphatic rings. The predicted octanol–water partition coefficient (Wildman–Crippen LogP) is 2.61. The van der Waals surface area contributed by atoms with Gasteiger partial charge in [0.1, 0.15) is 11.2 Å². The van der Waals surface area contributed by atoms with Gasteiger partial charge in [-0.3, -0.25) is 14.2 Å². The number of carbonyl (C=O) groups is 2. The number of nitrogens with one attached hydrogen (secondary N) is 3. The Morgan fingerprint density at radius 1 is 1.15 bits per heavy atom. The van der Waals surface area contributed by atoms with E-state index >= 15 is 0 Å². The van der Waals surface area contributed by atoms with E-state index in [0.717, 1.165) is 0 Å². The number of benzene rings is 1. The summed E-state index contributed by atoms with van der Waals surface area (Å²) in [5.41, 5.74) is 5.19. The highest BCUT2D eigenvalue weighted by molar-refractivity contribution is 9.10. The van der Waals surface area contributed by atoms with Crippen LogP contribution in [0.3, 0.4) is 0 Å². The lowest BCUT2D eigenvalue weighted by Gasteiger charge is -2.19. The van der Waals surface area contributed by atoms with E-state index in [1.54, 1.807) is 30.5 Å². The number of hydrogen-bond donors (Lipinski definition) is 6. The summed E-state index contributed by atoms with van der Waals surface area (Å²) < 4.78 is 1.96. The van der Waals surface area contributed by atoms with Crippen molar-refractivity contribution in [1.29, 1.82) is 0 Å². The first-order chi connectivity index (χ1) is 16.1. The number of anilines is 3. The summed E-state index contributed by atoms with van der Waals surface area (Å²) in [6.45, 7) is 3.83. The van der Waals surface area contributed by atoms with E-state index in [1.807, 2.05) is 0 Å². The Labute approximate surface area is 204 Å². The summed E-state index contributed by atoms with van der Waals surface area (Å²) in [7, 11) is 0. The number of primary amides is 1. The van der Waals surface area contributed by atoms with Crippen LogP contribution in [0.2, 0.25) is 0 Å². The third-order valence-corrected chi connectivity index (χ3v) is 5.64. The van der Waals surface area contributed by atoms with E-state index in [2.05, 4.69) is 41.8 Å². The molecule has 34 heavy (non-hydrogen) atoms. The normalized spacial score (nSPS) is 11.1. The average molecular weight is 532 g/mol. The molecule has 0 spiro atoms. The van der Waals surface area contributed by atoms with E-state index < -0.39 is 17.2 Å². The second-order valence-corrected chi connectivity index (χ2v) is 8.83. The second kappa shape index (κ2) is 10.4. The van der Waals surface area contributed by atoms with Crippen LogP contribution in [-0.2, 0) is 9.59 Å². The molecule has 3 aromatic rings. The topological polar surface area (TPSA) is 167 Å². The van der Waals surface area contributed by atoms with Gasteiger partial charge >= 0.3 is 0 Å². The van der Waals surface area contributed by atoms with E-state index in [9.17, 15) is 19.8 Å². The molecular formula is C22H26BrN7O4. The molecule has 0 atom stereocenters. The zero-order chi connectivity index (χ0) is 24.9. The first kappa shape index (κ1) is 24.8. The third-order valence-electron chi connectivity index (χ3n) is 5.06. The van der Waals surface area contributed by atoms with E-state index in [-0.39, 0.29) is 11.8 Å². The standard InChI is InChI=1S/C22H26BrN7O4/c1-22(2,19(24)33)20(34)26-10-4-9-25-18-15(23)12-27-21(29-18)28-13-5-3-6-14(11-13)30-16(31)7-8-17(30)32/h3,5-8,11-12,31-32H,4,9-10H2,1-2H3,(H2,24,33)(H,26,34)(H2,25,27,28,29). The molecule has 11 nitrogen and oxygen atoms in total. The SMILES string of the molecule is CC(C)(C(N)=O)C(=O)NCCCNc1nc(Nc2cccc(-n3c(O)ccc3O)c2)ncc1Br. The maximum Gasteiger partial charge on any atom is 0.235 e. The van der Waals surface area contributed by atoms with Crippen molar-refractivity contribution < 1.29 is 19.8 Å². The lowest BCUT2D eigenvalue weighted by atomic mass is 9.91. The van der Waals surface area contributed by atoms with Gasteiger partial charge in [-0.05, 0) is 54.4 Å². The molecule has 2 heterocycles. The minimum atomic E-state index is -1.26. The Bertz CT molecular complexity index is 1180. The smallest absolute Gasteiger partial charge is 0.235 e. The molecule has 0 radical (unpaired) electrons. The maximum atomic E-state index is 12.1. The first-order valence-corrected chi connectivity index (χ1v) is 11.2. The van der Waals surface area contributed by atoms with E-state index in [4.69, 9.17) is 5.73 Å². The van der Waals surface area contributed by atoms with Gasteiger partial charge in [0.15, 0.2) is 11.8 Å². The molecule has 0 saturated carbocycles. The first-order valence-electron chi connectivity index (χ1n) is 10.4. The van der Waals surface area contributed by atoms with Crippen LogP contribution in [0, 0.1) is 5.41 Å². The number of aromatic hydroxyl groups is 2. The predicted molar refractivity (Wildman–Crippen MR) is 131 cm³/mol. The lowest BCUT2D eigenvalue weighted by molar-refractivity contribution is -0.139. The Morgan fingerprint density at radius 3 is 2.53 bits per heavy atom. The van der Waals surface area contributed by atoms with Gasteiger partial charge in [-0.25, -0.2) is 4.98 Å². The average Bonchev–Trinajstić information content (AvgIpc) is 3.13. The van der Waals surface area contributed by atoms with Crippen molar-refractivity contribution in [2.24, 2.45) is 11.1 Å². The fourth-order valence-electron chi connectivity index (χ4n) is 2.91. The summed E-state index contributed by atoms with van der Waals surface area (Å²) in [5.74, 6) is -0.386. The van der Waals surface area contributed by atoms with Crippen LogP contribution in [0.25, 0.3) is 5.69 Å². The fraction of sp³-hybridized carbons (Fsp3) is 0.273. The molecule has 0 fully saturated rings. The zero-order valence-electron chi connectivity index (χ0n) is 18.7. The third kappa shape index (κ3) is 5.76. The summed E-state index contributed by atoms with van der Waals surface area (Å²) >= 11 is 3.41. The summed E-state index contributed by atoms with van der Waals surface area (Å²) in [5, 5.41) is 28.9. The molecule has 0 unspecified atom stereocenters. The quantitative estimate of drug-likeness (QED) is 0.171. The molecule has 0 aliphatic heterocycles. The minimum absolute atomic E-state index is 0.0876. The van der Waals surface area contributed by atoms with Crippen LogP contribution in [0.1, 0.15) is 20.3 Å². The molecule has 2 amide bonds.